The minimum absolute atomic E-state index is 0.961. The molecule has 0 radical (unpaired) electrons. The van der Waals surface area contributed by atoms with Crippen molar-refractivity contribution in [1.29, 1.82) is 0 Å². The Hall–Kier alpha value is -0.195. The Bertz CT molecular complexity index is 164. The Morgan fingerprint density at radius 2 is 1.62 bits per heavy atom. The molecule has 13 heavy (non-hydrogen) atoms. The highest BCUT2D eigenvalue weighted by Gasteiger charge is 2.36. The molecule has 2 saturated heterocycles. The van der Waals surface area contributed by atoms with Crippen LogP contribution in [0.3, 0.4) is 0 Å². The highest BCUT2D eigenvalue weighted by atomic mass is 14.2. The van der Waals surface area contributed by atoms with Gasteiger partial charge in [-0.25, -0.2) is 0 Å². The van der Waals surface area contributed by atoms with Gasteiger partial charge in [-0.15, -0.1) is 5.98 Å². The Labute approximate surface area is 82.9 Å². The van der Waals surface area contributed by atoms with Gasteiger partial charge in [0.05, 0.1) is 0 Å². The molecule has 2 bridgehead atoms. The van der Waals surface area contributed by atoms with Crippen molar-refractivity contribution in [2.75, 3.05) is 0 Å². The summed E-state index contributed by atoms with van der Waals surface area (Å²) < 4.78 is 0. The molecule has 0 N–H and O–H groups in total. The summed E-state index contributed by atoms with van der Waals surface area (Å²) in [5, 5.41) is 0. The zero-order valence-corrected chi connectivity index (χ0v) is 8.84. The molecule has 0 aromatic carbocycles. The second-order valence-corrected chi connectivity index (χ2v) is 4.80. The van der Waals surface area contributed by atoms with Crippen molar-refractivity contribution in [1.82, 2.24) is 0 Å². The van der Waals surface area contributed by atoms with Gasteiger partial charge in [0, 0.05) is 0 Å². The molecule has 0 unspecified atom stereocenters. The fourth-order valence-electron chi connectivity index (χ4n) is 3.34. The summed E-state index contributed by atoms with van der Waals surface area (Å²) in [6.45, 7) is 3.21. The van der Waals surface area contributed by atoms with Gasteiger partial charge >= 0.3 is 0 Å². The predicted octanol–water partition coefficient (Wildman–Crippen LogP) is 4.09. The maximum Gasteiger partial charge on any atom is 0.172 e. The van der Waals surface area contributed by atoms with E-state index in [4.69, 9.17) is 0 Å². The average Bonchev–Trinajstić information content (AvgIpc) is 2.14. The summed E-state index contributed by atoms with van der Waals surface area (Å²) in [5.74, 6) is 4.64. The first-order chi connectivity index (χ1) is 6.42. The van der Waals surface area contributed by atoms with E-state index in [1.54, 1.807) is 0 Å². The zero-order chi connectivity index (χ0) is 9.10. The summed E-state index contributed by atoms with van der Waals surface area (Å²) >= 11 is 0. The van der Waals surface area contributed by atoms with Gasteiger partial charge in [0.2, 0.25) is 0 Å². The minimum atomic E-state index is 0.961. The lowest BCUT2D eigenvalue weighted by Crippen LogP contribution is -2.32. The van der Waals surface area contributed by atoms with Crippen molar-refractivity contribution in [3.8, 4) is 0 Å². The Kier molecular flexibility index (Phi) is 3.13. The summed E-state index contributed by atoms with van der Waals surface area (Å²) in [5.41, 5.74) is 0. The largest absolute Gasteiger partial charge is 0.172 e. The fourth-order valence-corrected chi connectivity index (χ4v) is 3.34. The van der Waals surface area contributed by atoms with Crippen LogP contribution in [0.4, 0.5) is 0 Å². The molecule has 2 aliphatic heterocycles. The van der Waals surface area contributed by atoms with Gasteiger partial charge < -0.3 is 0 Å². The van der Waals surface area contributed by atoms with Crippen molar-refractivity contribution >= 4 is 6.71 Å². The van der Waals surface area contributed by atoms with Crippen molar-refractivity contribution in [2.24, 2.45) is 0 Å². The number of fused-ring (bicyclic) bond motifs is 2. The van der Waals surface area contributed by atoms with E-state index in [-0.39, 0.29) is 0 Å². The molecule has 0 aliphatic carbocycles. The van der Waals surface area contributed by atoms with Crippen molar-refractivity contribution in [3.63, 3.8) is 0 Å². The lowest BCUT2D eigenvalue weighted by atomic mass is 9.27. The second kappa shape index (κ2) is 4.35. The Morgan fingerprint density at radius 3 is 2.08 bits per heavy atom. The van der Waals surface area contributed by atoms with E-state index < -0.39 is 0 Å². The van der Waals surface area contributed by atoms with Crippen LogP contribution in [0.5, 0.6) is 0 Å². The number of rotatable bonds is 2. The van der Waals surface area contributed by atoms with Gasteiger partial charge in [-0.3, -0.25) is 0 Å². The highest BCUT2D eigenvalue weighted by molar-refractivity contribution is 6.67. The highest BCUT2D eigenvalue weighted by Crippen LogP contribution is 2.46. The van der Waals surface area contributed by atoms with Crippen LogP contribution in [0, 0.1) is 0 Å². The number of allylic oxidation sites excluding steroid dienone is 1. The standard InChI is InChI=1S/C12H21B/c1-2-3-10-13-11-6-4-7-12(13)9-5-8-11/h3,10-12H,2,4-9H2,1H3/b10-3+. The first kappa shape index (κ1) is 9.36. The predicted molar refractivity (Wildman–Crippen MR) is 60.4 cm³/mol. The Balaban J connectivity index is 2.02. The van der Waals surface area contributed by atoms with Crippen LogP contribution >= 0.6 is 0 Å². The van der Waals surface area contributed by atoms with Gasteiger partial charge in [0.15, 0.2) is 6.71 Å². The second-order valence-electron chi connectivity index (χ2n) is 4.80. The molecular formula is C12H21B. The molecular weight excluding hydrogens is 155 g/mol. The topological polar surface area (TPSA) is 0 Å². The van der Waals surface area contributed by atoms with Crippen LogP contribution in [0.2, 0.25) is 11.6 Å². The van der Waals surface area contributed by atoms with Crippen LogP contribution in [-0.2, 0) is 0 Å². The average molecular weight is 176 g/mol. The third-order valence-electron chi connectivity index (χ3n) is 3.98. The normalized spacial score (nSPS) is 34.1. The molecule has 2 rings (SSSR count). The molecule has 1 heteroatoms. The van der Waals surface area contributed by atoms with Gasteiger partial charge in [0.1, 0.15) is 0 Å². The third kappa shape index (κ3) is 2.00. The van der Waals surface area contributed by atoms with Gasteiger partial charge in [0.25, 0.3) is 0 Å². The third-order valence-corrected chi connectivity index (χ3v) is 3.98. The van der Waals surface area contributed by atoms with E-state index in [1.807, 2.05) is 0 Å². The first-order valence-corrected chi connectivity index (χ1v) is 6.08. The molecule has 0 nitrogen and oxygen atoms in total. The summed E-state index contributed by atoms with van der Waals surface area (Å²) in [4.78, 5) is 0. The molecule has 0 amide bonds. The zero-order valence-electron chi connectivity index (χ0n) is 8.84. The summed E-state index contributed by atoms with van der Waals surface area (Å²) in [7, 11) is 0. The van der Waals surface area contributed by atoms with E-state index >= 15 is 0 Å². The van der Waals surface area contributed by atoms with Gasteiger partial charge in [-0.2, -0.15) is 0 Å². The molecule has 2 heterocycles. The fraction of sp³-hybridized carbons (Fsp3) is 0.833. The van der Waals surface area contributed by atoms with Gasteiger partial charge in [-0.1, -0.05) is 63.2 Å². The van der Waals surface area contributed by atoms with E-state index in [0.717, 1.165) is 18.3 Å². The SMILES string of the molecule is CC/C=C/B1C2CCCC1CCC2. The van der Waals surface area contributed by atoms with Crippen LogP contribution in [0.25, 0.3) is 0 Å². The van der Waals surface area contributed by atoms with E-state index in [0.29, 0.717) is 0 Å². The smallest absolute Gasteiger partial charge is 0.118 e. The van der Waals surface area contributed by atoms with E-state index in [9.17, 15) is 0 Å². The molecule has 0 saturated carbocycles. The summed E-state index contributed by atoms with van der Waals surface area (Å²) in [6, 6.07) is 0. The maximum atomic E-state index is 2.54. The summed E-state index contributed by atoms with van der Waals surface area (Å²) in [6.07, 6.45) is 12.7. The molecule has 2 aliphatic rings. The van der Waals surface area contributed by atoms with Crippen LogP contribution in [-0.4, -0.2) is 6.71 Å². The van der Waals surface area contributed by atoms with Gasteiger partial charge in [-0.05, 0) is 6.42 Å². The van der Waals surface area contributed by atoms with Crippen molar-refractivity contribution in [2.45, 2.75) is 63.5 Å². The molecule has 2 fully saturated rings. The maximum absolute atomic E-state index is 2.54. The lowest BCUT2D eigenvalue weighted by molar-refractivity contribution is 0.447. The van der Waals surface area contributed by atoms with Crippen molar-refractivity contribution < 1.29 is 0 Å². The number of hydrogen-bond acceptors (Lipinski definition) is 0. The minimum Gasteiger partial charge on any atom is -0.118 e. The lowest BCUT2D eigenvalue weighted by Gasteiger charge is -2.39. The van der Waals surface area contributed by atoms with Crippen LogP contribution in [0.1, 0.15) is 51.9 Å². The van der Waals surface area contributed by atoms with Crippen molar-refractivity contribution in [3.05, 3.63) is 12.1 Å². The molecule has 72 valence electrons. The monoisotopic (exact) mass is 176 g/mol. The molecule has 0 aromatic rings. The van der Waals surface area contributed by atoms with Crippen LogP contribution < -0.4 is 0 Å². The Morgan fingerprint density at radius 1 is 1.08 bits per heavy atom. The molecule has 0 atom stereocenters. The number of hydrogen-bond donors (Lipinski definition) is 0. The van der Waals surface area contributed by atoms with E-state index in [2.05, 4.69) is 19.0 Å². The molecule has 0 spiro atoms. The first-order valence-electron chi connectivity index (χ1n) is 6.08. The van der Waals surface area contributed by atoms with Crippen LogP contribution in [0.15, 0.2) is 12.1 Å². The molecule has 0 aromatic heterocycles. The van der Waals surface area contributed by atoms with E-state index in [1.165, 1.54) is 44.9 Å². The quantitative estimate of drug-likeness (QED) is 0.555.